The molecule has 1 aliphatic heterocycles. The van der Waals surface area contributed by atoms with Crippen LogP contribution in [0.2, 0.25) is 0 Å². The molecule has 1 fully saturated rings. The van der Waals surface area contributed by atoms with Crippen molar-refractivity contribution in [2.24, 2.45) is 5.41 Å². The van der Waals surface area contributed by atoms with Gasteiger partial charge in [0.2, 0.25) is 0 Å². The average Bonchev–Trinajstić information content (AvgIpc) is 2.17. The third-order valence-corrected chi connectivity index (χ3v) is 2.63. The maximum Gasteiger partial charge on any atom is 0.126 e. The molecular weight excluding hydrogens is 178 g/mol. The third-order valence-electron chi connectivity index (χ3n) is 2.63. The summed E-state index contributed by atoms with van der Waals surface area (Å²) < 4.78 is 5.58. The molecule has 0 saturated carbocycles. The van der Waals surface area contributed by atoms with E-state index in [9.17, 15) is 4.79 Å². The van der Waals surface area contributed by atoms with E-state index in [1.807, 2.05) is 13.8 Å². The van der Waals surface area contributed by atoms with E-state index in [0.717, 1.165) is 38.9 Å². The summed E-state index contributed by atoms with van der Waals surface area (Å²) in [7, 11) is 0. The summed E-state index contributed by atoms with van der Waals surface area (Å²) in [5, 5.41) is 0. The van der Waals surface area contributed by atoms with E-state index >= 15 is 0 Å². The Hall–Kier alpha value is -0.410. The molecule has 0 aromatic rings. The maximum atomic E-state index is 10.8. The molecule has 3 heteroatoms. The molecule has 0 N–H and O–H groups in total. The molecule has 1 unspecified atom stereocenters. The molecule has 0 aliphatic carbocycles. The van der Waals surface area contributed by atoms with Crippen LogP contribution in [0.5, 0.6) is 0 Å². The smallest absolute Gasteiger partial charge is 0.126 e. The fourth-order valence-corrected chi connectivity index (χ4v) is 1.78. The van der Waals surface area contributed by atoms with Crippen molar-refractivity contribution in [1.82, 2.24) is 4.90 Å². The molecule has 1 rings (SSSR count). The van der Waals surface area contributed by atoms with Crippen LogP contribution in [-0.2, 0) is 9.53 Å². The van der Waals surface area contributed by atoms with E-state index < -0.39 is 0 Å². The van der Waals surface area contributed by atoms with Crippen LogP contribution in [0.4, 0.5) is 0 Å². The third kappa shape index (κ3) is 3.39. The Labute approximate surface area is 86.4 Å². The van der Waals surface area contributed by atoms with E-state index in [4.69, 9.17) is 4.74 Å². The van der Waals surface area contributed by atoms with Gasteiger partial charge in [0, 0.05) is 25.0 Å². The summed E-state index contributed by atoms with van der Waals surface area (Å²) in [4.78, 5) is 13.1. The highest BCUT2D eigenvalue weighted by Crippen LogP contribution is 2.16. The summed E-state index contributed by atoms with van der Waals surface area (Å²) in [6.45, 7) is 9.66. The van der Waals surface area contributed by atoms with Gasteiger partial charge < -0.3 is 9.53 Å². The number of carbonyl (C=O) groups excluding carboxylic acids is 1. The SMILES string of the molecule is CCC1CN(CC(C)(C)C=O)CCO1. The van der Waals surface area contributed by atoms with Crippen molar-refractivity contribution in [3.63, 3.8) is 0 Å². The minimum Gasteiger partial charge on any atom is -0.376 e. The summed E-state index contributed by atoms with van der Waals surface area (Å²) in [5.74, 6) is 0. The standard InChI is InChI=1S/C11H21NO2/c1-4-10-7-12(5-6-14-10)8-11(2,3)9-13/h9-10H,4-8H2,1-3H3. The van der Waals surface area contributed by atoms with Crippen LogP contribution in [0.15, 0.2) is 0 Å². The fraction of sp³-hybridized carbons (Fsp3) is 0.909. The van der Waals surface area contributed by atoms with Crippen molar-refractivity contribution >= 4 is 6.29 Å². The molecule has 1 heterocycles. The molecule has 0 aromatic carbocycles. The Morgan fingerprint density at radius 1 is 1.57 bits per heavy atom. The van der Waals surface area contributed by atoms with Crippen LogP contribution in [0.3, 0.4) is 0 Å². The molecule has 1 aliphatic rings. The molecule has 0 radical (unpaired) electrons. The van der Waals surface area contributed by atoms with Gasteiger partial charge in [0.25, 0.3) is 0 Å². The monoisotopic (exact) mass is 199 g/mol. The van der Waals surface area contributed by atoms with Gasteiger partial charge in [0.1, 0.15) is 6.29 Å². The van der Waals surface area contributed by atoms with Crippen LogP contribution < -0.4 is 0 Å². The van der Waals surface area contributed by atoms with Crippen LogP contribution in [0.25, 0.3) is 0 Å². The lowest BCUT2D eigenvalue weighted by Gasteiger charge is -2.35. The van der Waals surface area contributed by atoms with Gasteiger partial charge in [-0.1, -0.05) is 20.8 Å². The number of morpholine rings is 1. The van der Waals surface area contributed by atoms with Gasteiger partial charge in [-0.15, -0.1) is 0 Å². The van der Waals surface area contributed by atoms with E-state index in [-0.39, 0.29) is 5.41 Å². The highest BCUT2D eigenvalue weighted by atomic mass is 16.5. The molecule has 0 spiro atoms. The van der Waals surface area contributed by atoms with E-state index in [1.165, 1.54) is 0 Å². The van der Waals surface area contributed by atoms with Crippen LogP contribution >= 0.6 is 0 Å². The lowest BCUT2D eigenvalue weighted by molar-refractivity contribution is -0.117. The van der Waals surface area contributed by atoms with Gasteiger partial charge in [0.15, 0.2) is 0 Å². The zero-order valence-electron chi connectivity index (χ0n) is 9.45. The Morgan fingerprint density at radius 3 is 2.86 bits per heavy atom. The maximum absolute atomic E-state index is 10.8. The van der Waals surface area contributed by atoms with Crippen molar-refractivity contribution in [1.29, 1.82) is 0 Å². The first-order chi connectivity index (χ1) is 6.57. The van der Waals surface area contributed by atoms with Gasteiger partial charge >= 0.3 is 0 Å². The first kappa shape index (κ1) is 11.7. The molecule has 1 saturated heterocycles. The number of carbonyl (C=O) groups is 1. The first-order valence-corrected chi connectivity index (χ1v) is 5.37. The lowest BCUT2D eigenvalue weighted by Crippen LogP contribution is -2.46. The fourth-order valence-electron chi connectivity index (χ4n) is 1.78. The normalized spacial score (nSPS) is 24.9. The second-order valence-electron chi connectivity index (χ2n) is 4.74. The second-order valence-corrected chi connectivity index (χ2v) is 4.74. The number of rotatable bonds is 4. The van der Waals surface area contributed by atoms with Crippen molar-refractivity contribution in [3.05, 3.63) is 0 Å². The zero-order valence-corrected chi connectivity index (χ0v) is 9.45. The first-order valence-electron chi connectivity index (χ1n) is 5.37. The Morgan fingerprint density at radius 2 is 2.29 bits per heavy atom. The van der Waals surface area contributed by atoms with E-state index in [2.05, 4.69) is 11.8 Å². The van der Waals surface area contributed by atoms with Gasteiger partial charge in [-0.3, -0.25) is 4.90 Å². The average molecular weight is 199 g/mol. The minimum absolute atomic E-state index is 0.227. The highest BCUT2D eigenvalue weighted by molar-refractivity contribution is 5.58. The molecule has 3 nitrogen and oxygen atoms in total. The van der Waals surface area contributed by atoms with Gasteiger partial charge in [-0.05, 0) is 6.42 Å². The lowest BCUT2D eigenvalue weighted by atomic mass is 9.94. The van der Waals surface area contributed by atoms with Crippen molar-refractivity contribution < 1.29 is 9.53 Å². The largest absolute Gasteiger partial charge is 0.376 e. The summed E-state index contributed by atoms with van der Waals surface area (Å²) >= 11 is 0. The quantitative estimate of drug-likeness (QED) is 0.640. The van der Waals surface area contributed by atoms with Crippen molar-refractivity contribution in [2.45, 2.75) is 33.3 Å². The molecule has 0 aromatic heterocycles. The van der Waals surface area contributed by atoms with E-state index in [0.29, 0.717) is 6.10 Å². The van der Waals surface area contributed by atoms with Crippen LogP contribution in [0, 0.1) is 5.41 Å². The summed E-state index contributed by atoms with van der Waals surface area (Å²) in [5.41, 5.74) is -0.227. The summed E-state index contributed by atoms with van der Waals surface area (Å²) in [6.07, 6.45) is 2.45. The number of hydrogen-bond donors (Lipinski definition) is 0. The van der Waals surface area contributed by atoms with Crippen molar-refractivity contribution in [2.75, 3.05) is 26.2 Å². The number of hydrogen-bond acceptors (Lipinski definition) is 3. The van der Waals surface area contributed by atoms with Gasteiger partial charge in [-0.2, -0.15) is 0 Å². The zero-order chi connectivity index (χ0) is 10.6. The van der Waals surface area contributed by atoms with Crippen LogP contribution in [-0.4, -0.2) is 43.5 Å². The molecular formula is C11H21NO2. The van der Waals surface area contributed by atoms with Gasteiger partial charge in [0.05, 0.1) is 12.7 Å². The van der Waals surface area contributed by atoms with Crippen LogP contribution in [0.1, 0.15) is 27.2 Å². The predicted molar refractivity (Wildman–Crippen MR) is 56.3 cm³/mol. The van der Waals surface area contributed by atoms with E-state index in [1.54, 1.807) is 0 Å². The number of ether oxygens (including phenoxy) is 1. The molecule has 0 bridgehead atoms. The Balaban J connectivity index is 2.41. The summed E-state index contributed by atoms with van der Waals surface area (Å²) in [6, 6.07) is 0. The van der Waals surface area contributed by atoms with Crippen molar-refractivity contribution in [3.8, 4) is 0 Å². The highest BCUT2D eigenvalue weighted by Gasteiger charge is 2.25. The second kappa shape index (κ2) is 4.89. The number of nitrogens with zero attached hydrogens (tertiary/aromatic N) is 1. The molecule has 1 atom stereocenters. The Kier molecular flexibility index (Phi) is 4.08. The predicted octanol–water partition coefficient (Wildman–Crippen LogP) is 1.32. The molecule has 0 amide bonds. The molecule has 82 valence electrons. The topological polar surface area (TPSA) is 29.5 Å². The molecule has 14 heavy (non-hydrogen) atoms. The van der Waals surface area contributed by atoms with Gasteiger partial charge in [-0.25, -0.2) is 0 Å². The minimum atomic E-state index is -0.227. The number of aldehydes is 1. The Bertz CT molecular complexity index is 192.